The van der Waals surface area contributed by atoms with Crippen LogP contribution in [0.15, 0.2) is 54.1 Å². The molecule has 0 radical (unpaired) electrons. The summed E-state index contributed by atoms with van der Waals surface area (Å²) < 4.78 is 5.62. The molecule has 0 spiro atoms. The molecule has 2 heteroatoms. The highest BCUT2D eigenvalue weighted by molar-refractivity contribution is 5.84. The van der Waals surface area contributed by atoms with Gasteiger partial charge in [0.1, 0.15) is 5.75 Å². The highest BCUT2D eigenvalue weighted by Crippen LogP contribution is 2.28. The second-order valence-corrected chi connectivity index (χ2v) is 5.35. The van der Waals surface area contributed by atoms with Crippen LogP contribution in [0.1, 0.15) is 37.0 Å². The molecule has 0 saturated heterocycles. The van der Waals surface area contributed by atoms with Gasteiger partial charge in [-0.25, -0.2) is 0 Å². The molecule has 0 amide bonds. The Labute approximate surface area is 132 Å². The van der Waals surface area contributed by atoms with E-state index >= 15 is 0 Å². The summed E-state index contributed by atoms with van der Waals surface area (Å²) in [4.78, 5) is 0. The number of ether oxygens (including phenoxy) is 1. The Hall–Kier alpha value is -2.53. The summed E-state index contributed by atoms with van der Waals surface area (Å²) in [5, 5.41) is 9.32. The topological polar surface area (TPSA) is 33.0 Å². The molecular formula is C20H21NO. The van der Waals surface area contributed by atoms with Crippen molar-refractivity contribution in [2.45, 2.75) is 27.2 Å². The van der Waals surface area contributed by atoms with Gasteiger partial charge < -0.3 is 4.74 Å². The van der Waals surface area contributed by atoms with Crippen LogP contribution in [-0.2, 0) is 0 Å². The van der Waals surface area contributed by atoms with Crippen LogP contribution in [0, 0.1) is 18.3 Å². The summed E-state index contributed by atoms with van der Waals surface area (Å²) in [7, 11) is 0. The van der Waals surface area contributed by atoms with E-state index in [9.17, 15) is 5.26 Å². The fraction of sp³-hybridized carbons (Fsp3) is 0.250. The van der Waals surface area contributed by atoms with Crippen molar-refractivity contribution >= 4 is 5.57 Å². The molecule has 112 valence electrons. The Bertz CT molecular complexity index is 688. The zero-order valence-electron chi connectivity index (χ0n) is 13.4. The largest absolute Gasteiger partial charge is 0.494 e. The molecule has 22 heavy (non-hydrogen) atoms. The minimum Gasteiger partial charge on any atom is -0.494 e. The average molecular weight is 291 g/mol. The zero-order chi connectivity index (χ0) is 15.9. The average Bonchev–Trinajstić information content (AvgIpc) is 2.56. The monoisotopic (exact) mass is 291 g/mol. The zero-order valence-corrected chi connectivity index (χ0v) is 13.4. The molecule has 0 heterocycles. The fourth-order valence-electron chi connectivity index (χ4n) is 2.31. The van der Waals surface area contributed by atoms with Gasteiger partial charge in [-0.05, 0) is 43.5 Å². The van der Waals surface area contributed by atoms with E-state index in [-0.39, 0.29) is 0 Å². The number of benzene rings is 2. The molecule has 0 aliphatic rings. The van der Waals surface area contributed by atoms with Gasteiger partial charge in [-0.2, -0.15) is 5.26 Å². The lowest BCUT2D eigenvalue weighted by Gasteiger charge is -2.11. The lowest BCUT2D eigenvalue weighted by molar-refractivity contribution is 0.317. The Morgan fingerprint density at radius 3 is 2.05 bits per heavy atom. The maximum absolute atomic E-state index is 9.32. The van der Waals surface area contributed by atoms with E-state index in [1.807, 2.05) is 31.2 Å². The molecule has 0 fully saturated rings. The fourth-order valence-corrected chi connectivity index (χ4v) is 2.31. The summed E-state index contributed by atoms with van der Waals surface area (Å²) in [6.07, 6.45) is 0.990. The van der Waals surface area contributed by atoms with Crippen LogP contribution >= 0.6 is 0 Å². The third kappa shape index (κ3) is 3.77. The van der Waals surface area contributed by atoms with Crippen LogP contribution in [0.5, 0.6) is 5.75 Å². The number of nitriles is 1. The summed E-state index contributed by atoms with van der Waals surface area (Å²) >= 11 is 0. The number of hydrogen-bond donors (Lipinski definition) is 0. The Morgan fingerprint density at radius 1 is 1.00 bits per heavy atom. The molecule has 0 atom stereocenters. The Kier molecular flexibility index (Phi) is 5.38. The van der Waals surface area contributed by atoms with Gasteiger partial charge in [0.15, 0.2) is 0 Å². The molecule has 0 aliphatic heterocycles. The number of aryl methyl sites for hydroxylation is 1. The lowest BCUT2D eigenvalue weighted by Crippen LogP contribution is -1.96. The van der Waals surface area contributed by atoms with E-state index in [0.717, 1.165) is 35.5 Å². The van der Waals surface area contributed by atoms with Crippen molar-refractivity contribution < 1.29 is 4.74 Å². The smallest absolute Gasteiger partial charge is 0.119 e. The quantitative estimate of drug-likeness (QED) is 0.715. The number of nitrogens with zero attached hydrogens (tertiary/aromatic N) is 1. The van der Waals surface area contributed by atoms with E-state index in [2.05, 4.69) is 44.2 Å². The van der Waals surface area contributed by atoms with Gasteiger partial charge in [0.25, 0.3) is 0 Å². The normalized spacial score (nSPS) is 11.5. The van der Waals surface area contributed by atoms with Crippen molar-refractivity contribution in [2.75, 3.05) is 6.61 Å². The van der Waals surface area contributed by atoms with Crippen LogP contribution in [-0.4, -0.2) is 6.61 Å². The maximum Gasteiger partial charge on any atom is 0.119 e. The van der Waals surface area contributed by atoms with Gasteiger partial charge in [0.05, 0.1) is 12.7 Å². The minimum absolute atomic E-state index is 0.714. The predicted molar refractivity (Wildman–Crippen MR) is 90.7 cm³/mol. The number of allylic oxidation sites excluding steroid dienone is 1. The van der Waals surface area contributed by atoms with E-state index in [0.29, 0.717) is 5.57 Å². The van der Waals surface area contributed by atoms with E-state index in [1.165, 1.54) is 5.56 Å². The van der Waals surface area contributed by atoms with Crippen LogP contribution < -0.4 is 4.74 Å². The van der Waals surface area contributed by atoms with Crippen LogP contribution in [0.3, 0.4) is 0 Å². The second kappa shape index (κ2) is 7.47. The first-order chi connectivity index (χ1) is 10.7. The molecule has 0 aromatic heterocycles. The predicted octanol–water partition coefficient (Wildman–Crippen LogP) is 5.13. The highest BCUT2D eigenvalue weighted by Gasteiger charge is 2.09. The van der Waals surface area contributed by atoms with Crippen molar-refractivity contribution in [1.82, 2.24) is 0 Å². The molecule has 2 rings (SSSR count). The first-order valence-electron chi connectivity index (χ1n) is 7.57. The lowest BCUT2D eigenvalue weighted by atomic mass is 9.93. The van der Waals surface area contributed by atoms with Crippen molar-refractivity contribution in [3.05, 3.63) is 70.8 Å². The van der Waals surface area contributed by atoms with E-state index in [1.54, 1.807) is 0 Å². The van der Waals surface area contributed by atoms with Gasteiger partial charge in [-0.3, -0.25) is 0 Å². The molecule has 2 aromatic rings. The summed E-state index contributed by atoms with van der Waals surface area (Å²) in [5.41, 5.74) is 5.00. The molecule has 2 aromatic carbocycles. The summed E-state index contributed by atoms with van der Waals surface area (Å²) in [6.45, 7) is 6.72. The van der Waals surface area contributed by atoms with E-state index in [4.69, 9.17) is 4.74 Å². The second-order valence-electron chi connectivity index (χ2n) is 5.35. The van der Waals surface area contributed by atoms with Gasteiger partial charge in [0.2, 0.25) is 0 Å². The molecule has 0 bridgehead atoms. The molecule has 0 N–H and O–H groups in total. The molecule has 2 nitrogen and oxygen atoms in total. The van der Waals surface area contributed by atoms with Crippen molar-refractivity contribution in [3.63, 3.8) is 0 Å². The SMILES string of the molecule is CCCOc1ccc(/C(=C(\C)C#N)c2ccc(C)cc2)cc1. The van der Waals surface area contributed by atoms with Crippen LogP contribution in [0.2, 0.25) is 0 Å². The van der Waals surface area contributed by atoms with Gasteiger partial charge >= 0.3 is 0 Å². The molecule has 0 unspecified atom stereocenters. The standard InChI is InChI=1S/C20H21NO/c1-4-13-22-19-11-9-18(10-12-19)20(16(3)14-21)17-7-5-15(2)6-8-17/h5-12H,4,13H2,1-3H3/b20-16+. The Morgan fingerprint density at radius 2 is 1.55 bits per heavy atom. The van der Waals surface area contributed by atoms with Gasteiger partial charge in [-0.15, -0.1) is 0 Å². The number of hydrogen-bond acceptors (Lipinski definition) is 2. The first kappa shape index (κ1) is 15.9. The van der Waals surface area contributed by atoms with Crippen molar-refractivity contribution in [3.8, 4) is 11.8 Å². The van der Waals surface area contributed by atoms with Crippen molar-refractivity contribution in [1.29, 1.82) is 5.26 Å². The van der Waals surface area contributed by atoms with Crippen LogP contribution in [0.4, 0.5) is 0 Å². The van der Waals surface area contributed by atoms with Crippen LogP contribution in [0.25, 0.3) is 5.57 Å². The molecular weight excluding hydrogens is 270 g/mol. The maximum atomic E-state index is 9.32. The third-order valence-electron chi connectivity index (χ3n) is 3.50. The summed E-state index contributed by atoms with van der Waals surface area (Å²) in [5.74, 6) is 0.864. The molecule has 0 saturated carbocycles. The first-order valence-corrected chi connectivity index (χ1v) is 7.57. The van der Waals surface area contributed by atoms with Gasteiger partial charge in [0, 0.05) is 11.1 Å². The third-order valence-corrected chi connectivity index (χ3v) is 3.50. The molecule has 0 aliphatic carbocycles. The van der Waals surface area contributed by atoms with Gasteiger partial charge in [-0.1, -0.05) is 48.9 Å². The number of rotatable bonds is 5. The summed E-state index contributed by atoms with van der Waals surface area (Å²) in [6, 6.07) is 18.5. The minimum atomic E-state index is 0.714. The highest BCUT2D eigenvalue weighted by atomic mass is 16.5. The Balaban J connectivity index is 2.39. The van der Waals surface area contributed by atoms with Crippen molar-refractivity contribution in [2.24, 2.45) is 0 Å². The van der Waals surface area contributed by atoms with E-state index < -0.39 is 0 Å².